The molecule has 0 bridgehead atoms. The number of rotatable bonds is 7. The first kappa shape index (κ1) is 23.3. The summed E-state index contributed by atoms with van der Waals surface area (Å²) in [6.45, 7) is 8.33. The van der Waals surface area contributed by atoms with Crippen LogP contribution in [0, 0.1) is 13.8 Å². The largest absolute Gasteiger partial charge is 0.481 e. The van der Waals surface area contributed by atoms with Gasteiger partial charge in [-0.1, -0.05) is 0 Å². The second-order valence-corrected chi connectivity index (χ2v) is 7.67. The Balaban J connectivity index is 2.27. The van der Waals surface area contributed by atoms with E-state index in [4.69, 9.17) is 18.9 Å². The van der Waals surface area contributed by atoms with Crippen LogP contribution in [0.15, 0.2) is 24.3 Å². The summed E-state index contributed by atoms with van der Waals surface area (Å²) in [5.74, 6) is -0.504. The van der Waals surface area contributed by atoms with Gasteiger partial charge in [0.05, 0.1) is 0 Å². The number of hydrogen-bond acceptors (Lipinski definition) is 7. The van der Waals surface area contributed by atoms with E-state index in [-0.39, 0.29) is 12.8 Å². The first-order valence-electron chi connectivity index (χ1n) is 10.3. The third-order valence-electron chi connectivity index (χ3n) is 5.23. The molecule has 0 fully saturated rings. The summed E-state index contributed by atoms with van der Waals surface area (Å²) < 4.78 is 23.0. The summed E-state index contributed by atoms with van der Waals surface area (Å²) in [6.07, 6.45) is 0.00656. The molecule has 8 nitrogen and oxygen atoms in total. The maximum absolute atomic E-state index is 11.5. The van der Waals surface area contributed by atoms with E-state index in [1.54, 1.807) is 38.1 Å². The van der Waals surface area contributed by atoms with Gasteiger partial charge in [0.25, 0.3) is 0 Å². The molecule has 1 heterocycles. The molecule has 0 saturated heterocycles. The van der Waals surface area contributed by atoms with Crippen molar-refractivity contribution >= 4 is 17.9 Å². The fourth-order valence-corrected chi connectivity index (χ4v) is 3.96. The van der Waals surface area contributed by atoms with Crippen LogP contribution in [0.2, 0.25) is 0 Å². The van der Waals surface area contributed by atoms with Crippen molar-refractivity contribution in [2.75, 3.05) is 6.61 Å². The number of benzene rings is 2. The van der Waals surface area contributed by atoms with Crippen molar-refractivity contribution in [1.29, 1.82) is 0 Å². The zero-order valence-corrected chi connectivity index (χ0v) is 18.7. The van der Waals surface area contributed by atoms with E-state index >= 15 is 0 Å². The Kier molecular flexibility index (Phi) is 6.55. The van der Waals surface area contributed by atoms with Crippen LogP contribution in [0.5, 0.6) is 23.0 Å². The van der Waals surface area contributed by atoms with Gasteiger partial charge in [-0.25, -0.2) is 0 Å². The van der Waals surface area contributed by atoms with Crippen LogP contribution in [-0.2, 0) is 24.7 Å². The number of ether oxygens (including phenoxy) is 4. The van der Waals surface area contributed by atoms with Gasteiger partial charge in [-0.15, -0.1) is 0 Å². The van der Waals surface area contributed by atoms with Crippen molar-refractivity contribution in [2.24, 2.45) is 0 Å². The minimum Gasteiger partial charge on any atom is -0.481 e. The lowest BCUT2D eigenvalue weighted by molar-refractivity contribution is -0.139. The number of aryl methyl sites for hydroxylation is 2. The molecule has 0 unspecified atom stereocenters. The van der Waals surface area contributed by atoms with Crippen LogP contribution < -0.4 is 14.2 Å². The molecule has 2 aromatic rings. The molecule has 0 radical (unpaired) electrons. The molecule has 32 heavy (non-hydrogen) atoms. The molecule has 1 N–H and O–H groups in total. The molecule has 1 aliphatic heterocycles. The van der Waals surface area contributed by atoms with Crippen molar-refractivity contribution in [3.8, 4) is 23.0 Å². The SMILES string of the molecule is CCOC1(CCC(=O)O)c2cc(C)c(OC(C)=O)cc2Oc2cc(OC(C)=O)c(C)cc21. The third kappa shape index (κ3) is 4.45. The van der Waals surface area contributed by atoms with E-state index < -0.39 is 23.5 Å². The van der Waals surface area contributed by atoms with Gasteiger partial charge in [-0.2, -0.15) is 0 Å². The summed E-state index contributed by atoms with van der Waals surface area (Å²) in [7, 11) is 0. The number of carbonyl (C=O) groups excluding carboxylic acids is 2. The van der Waals surface area contributed by atoms with Crippen LogP contribution in [0.1, 0.15) is 55.9 Å². The highest BCUT2D eigenvalue weighted by Gasteiger charge is 2.44. The Hall–Kier alpha value is -3.39. The van der Waals surface area contributed by atoms with Crippen LogP contribution in [-0.4, -0.2) is 29.6 Å². The molecule has 2 aromatic carbocycles. The lowest BCUT2D eigenvalue weighted by Crippen LogP contribution is -2.35. The van der Waals surface area contributed by atoms with E-state index in [1.807, 2.05) is 6.92 Å². The van der Waals surface area contributed by atoms with Gasteiger partial charge >= 0.3 is 17.9 Å². The van der Waals surface area contributed by atoms with E-state index in [9.17, 15) is 19.5 Å². The number of aliphatic carboxylic acids is 1. The van der Waals surface area contributed by atoms with Gasteiger partial charge < -0.3 is 24.1 Å². The third-order valence-corrected chi connectivity index (χ3v) is 5.23. The van der Waals surface area contributed by atoms with Crippen molar-refractivity contribution in [3.05, 3.63) is 46.5 Å². The molecule has 3 rings (SSSR count). The minimum absolute atomic E-state index is 0.144. The van der Waals surface area contributed by atoms with Gasteiger partial charge in [-0.05, 0) is 50.5 Å². The monoisotopic (exact) mass is 442 g/mol. The van der Waals surface area contributed by atoms with Gasteiger partial charge in [0.15, 0.2) is 0 Å². The van der Waals surface area contributed by atoms with E-state index in [0.717, 1.165) is 0 Å². The number of hydrogen-bond donors (Lipinski definition) is 1. The lowest BCUT2D eigenvalue weighted by Gasteiger charge is -2.40. The summed E-state index contributed by atoms with van der Waals surface area (Å²) >= 11 is 0. The molecule has 0 aliphatic carbocycles. The van der Waals surface area contributed by atoms with Crippen LogP contribution >= 0.6 is 0 Å². The van der Waals surface area contributed by atoms with E-state index in [1.165, 1.54) is 13.8 Å². The Morgan fingerprint density at radius 2 is 1.38 bits per heavy atom. The molecule has 0 amide bonds. The minimum atomic E-state index is -1.12. The number of carboxylic acid groups (broad SMARTS) is 1. The zero-order valence-electron chi connectivity index (χ0n) is 18.7. The summed E-state index contributed by atoms with van der Waals surface area (Å²) in [5.41, 5.74) is 1.52. The second-order valence-electron chi connectivity index (χ2n) is 7.67. The van der Waals surface area contributed by atoms with Gasteiger partial charge in [0.1, 0.15) is 28.6 Å². The molecule has 0 saturated carbocycles. The predicted molar refractivity (Wildman–Crippen MR) is 114 cm³/mol. The quantitative estimate of drug-likeness (QED) is 0.496. The normalized spacial score (nSPS) is 13.4. The molecule has 8 heteroatoms. The molecule has 0 spiro atoms. The molecule has 1 aliphatic rings. The molecule has 0 aromatic heterocycles. The van der Waals surface area contributed by atoms with Crippen molar-refractivity contribution in [3.63, 3.8) is 0 Å². The maximum Gasteiger partial charge on any atom is 0.308 e. The van der Waals surface area contributed by atoms with Crippen molar-refractivity contribution in [1.82, 2.24) is 0 Å². The van der Waals surface area contributed by atoms with Crippen molar-refractivity contribution in [2.45, 2.75) is 53.1 Å². The number of carbonyl (C=O) groups is 3. The van der Waals surface area contributed by atoms with E-state index in [2.05, 4.69) is 0 Å². The smallest absolute Gasteiger partial charge is 0.308 e. The first-order chi connectivity index (χ1) is 15.1. The van der Waals surface area contributed by atoms with Gasteiger partial charge in [0.2, 0.25) is 0 Å². The maximum atomic E-state index is 11.5. The lowest BCUT2D eigenvalue weighted by atomic mass is 9.78. The number of carboxylic acids is 1. The molecule has 0 atom stereocenters. The van der Waals surface area contributed by atoms with Gasteiger partial charge in [0, 0.05) is 50.1 Å². The molecule has 170 valence electrons. The predicted octanol–water partition coefficient (Wildman–Crippen LogP) is 4.40. The summed E-state index contributed by atoms with van der Waals surface area (Å²) in [5, 5.41) is 9.42. The standard InChI is InChI=1S/C24H26O8/c1-6-29-24(8-7-23(27)28)17-9-13(2)19(30-15(4)25)11-21(17)32-22-12-20(31-16(5)26)14(3)10-18(22)24/h9-12H,6-8H2,1-5H3,(H,27,28). The second kappa shape index (κ2) is 9.00. The molecular formula is C24H26O8. The highest BCUT2D eigenvalue weighted by atomic mass is 16.5. The highest BCUT2D eigenvalue weighted by Crippen LogP contribution is 2.54. The van der Waals surface area contributed by atoms with Gasteiger partial charge in [-0.3, -0.25) is 14.4 Å². The Morgan fingerprint density at radius 1 is 0.906 bits per heavy atom. The Morgan fingerprint density at radius 3 is 1.75 bits per heavy atom. The average molecular weight is 442 g/mol. The topological polar surface area (TPSA) is 108 Å². The highest BCUT2D eigenvalue weighted by molar-refractivity contribution is 5.73. The fourth-order valence-electron chi connectivity index (χ4n) is 3.96. The summed E-state index contributed by atoms with van der Waals surface area (Å²) in [6, 6.07) is 6.77. The number of fused-ring (bicyclic) bond motifs is 2. The summed E-state index contributed by atoms with van der Waals surface area (Å²) in [4.78, 5) is 34.5. The van der Waals surface area contributed by atoms with Crippen LogP contribution in [0.3, 0.4) is 0 Å². The fraction of sp³-hybridized carbons (Fsp3) is 0.375. The molecular weight excluding hydrogens is 416 g/mol. The van der Waals surface area contributed by atoms with E-state index in [0.29, 0.717) is 51.9 Å². The first-order valence-corrected chi connectivity index (χ1v) is 10.3. The van der Waals surface area contributed by atoms with Crippen molar-refractivity contribution < 1.29 is 38.4 Å². The van der Waals surface area contributed by atoms with Crippen LogP contribution in [0.25, 0.3) is 0 Å². The zero-order chi connectivity index (χ0) is 23.6. The van der Waals surface area contributed by atoms with Crippen LogP contribution in [0.4, 0.5) is 0 Å². The Bertz CT molecular complexity index is 1010. The average Bonchev–Trinajstić information content (AvgIpc) is 2.68. The number of esters is 2. The Labute approximate surface area is 186 Å².